The molecule has 0 N–H and O–H groups in total. The average Bonchev–Trinajstić information content (AvgIpc) is 3.47. The number of imidazole rings is 1. The molecule has 4 aromatic rings. The zero-order valence-electron chi connectivity index (χ0n) is 29.1. The van der Waals surface area contributed by atoms with E-state index in [1.807, 2.05) is 51.7 Å². The first-order chi connectivity index (χ1) is 23.3. The van der Waals surface area contributed by atoms with E-state index in [0.29, 0.717) is 39.7 Å². The summed E-state index contributed by atoms with van der Waals surface area (Å²) in [5, 5.41) is 12.1. The summed E-state index contributed by atoms with van der Waals surface area (Å²) in [5.74, 6) is -1.82. The Balaban J connectivity index is 1.70. The summed E-state index contributed by atoms with van der Waals surface area (Å²) >= 11 is 12.8. The van der Waals surface area contributed by atoms with Gasteiger partial charge in [0.1, 0.15) is 23.2 Å². The number of benzene rings is 3. The third kappa shape index (κ3) is 8.66. The summed E-state index contributed by atoms with van der Waals surface area (Å²) < 4.78 is 65.8. The number of hydrogen-bond acceptors (Lipinski definition) is 6. The van der Waals surface area contributed by atoms with E-state index >= 15 is 4.39 Å². The number of methoxy groups -OCH3 is 1. The van der Waals surface area contributed by atoms with E-state index < -0.39 is 44.0 Å². The molecular formula is C36H42Cl2F2N4O5S. The van der Waals surface area contributed by atoms with Crippen LogP contribution in [0.25, 0.3) is 5.69 Å². The molecule has 50 heavy (non-hydrogen) atoms. The largest absolute Gasteiger partial charge is 0.548 e. The van der Waals surface area contributed by atoms with E-state index in [2.05, 4.69) is 4.98 Å². The Hall–Kier alpha value is -3.55. The maximum atomic E-state index is 15.8. The molecule has 0 aliphatic carbocycles. The normalized spacial score (nSPS) is 13.1. The summed E-state index contributed by atoms with van der Waals surface area (Å²) in [4.78, 5) is 16.0. The molecule has 4 rings (SSSR count). The molecule has 1 atom stereocenters. The lowest BCUT2D eigenvalue weighted by atomic mass is 9.81. The van der Waals surface area contributed by atoms with Gasteiger partial charge in [0.15, 0.2) is 0 Å². The van der Waals surface area contributed by atoms with Crippen molar-refractivity contribution in [3.8, 4) is 11.4 Å². The highest BCUT2D eigenvalue weighted by molar-refractivity contribution is 7.89. The van der Waals surface area contributed by atoms with E-state index in [-0.39, 0.29) is 30.0 Å². The van der Waals surface area contributed by atoms with E-state index in [1.165, 1.54) is 26.2 Å². The van der Waals surface area contributed by atoms with Crippen LogP contribution in [0.15, 0.2) is 65.7 Å². The minimum atomic E-state index is -4.47. The number of aliphatic carboxylic acids is 1. The fourth-order valence-electron chi connectivity index (χ4n) is 5.76. The number of carbonyl (C=O) groups excluding carboxylic acids is 1. The van der Waals surface area contributed by atoms with E-state index in [0.717, 1.165) is 27.7 Å². The van der Waals surface area contributed by atoms with Crippen LogP contribution in [0.1, 0.15) is 49.8 Å². The second kappa shape index (κ2) is 15.4. The lowest BCUT2D eigenvalue weighted by molar-refractivity contribution is -0.870. The first kappa shape index (κ1) is 39.2. The Morgan fingerprint density at radius 1 is 1.04 bits per heavy atom. The number of aryl methyl sites for hydroxylation is 1. The molecular weight excluding hydrogens is 709 g/mol. The Labute approximate surface area is 302 Å². The molecule has 9 nitrogen and oxygen atoms in total. The van der Waals surface area contributed by atoms with Crippen LogP contribution < -0.4 is 9.84 Å². The van der Waals surface area contributed by atoms with Crippen molar-refractivity contribution < 1.29 is 36.3 Å². The molecule has 1 heterocycles. The third-order valence-electron chi connectivity index (χ3n) is 8.73. The number of quaternary nitrogens is 1. The number of carboxylic acids is 1. The van der Waals surface area contributed by atoms with Crippen molar-refractivity contribution in [3.63, 3.8) is 0 Å². The van der Waals surface area contributed by atoms with Gasteiger partial charge in [0.25, 0.3) is 0 Å². The monoisotopic (exact) mass is 750 g/mol. The minimum Gasteiger partial charge on any atom is -0.548 e. The van der Waals surface area contributed by atoms with Crippen molar-refractivity contribution >= 4 is 39.2 Å². The van der Waals surface area contributed by atoms with Gasteiger partial charge in [0.05, 0.1) is 62.4 Å². The molecule has 3 aromatic carbocycles. The predicted molar refractivity (Wildman–Crippen MR) is 188 cm³/mol. The maximum Gasteiger partial charge on any atom is 0.243 e. The van der Waals surface area contributed by atoms with Crippen LogP contribution in [0, 0.1) is 11.6 Å². The minimum absolute atomic E-state index is 0.0422. The van der Waals surface area contributed by atoms with Crippen molar-refractivity contribution in [1.29, 1.82) is 0 Å². The summed E-state index contributed by atoms with van der Waals surface area (Å²) in [7, 11) is 2.85. The van der Waals surface area contributed by atoms with Gasteiger partial charge in [0.2, 0.25) is 10.0 Å². The molecule has 0 amide bonds. The zero-order valence-corrected chi connectivity index (χ0v) is 31.5. The van der Waals surface area contributed by atoms with Crippen LogP contribution in [0.2, 0.25) is 10.0 Å². The first-order valence-electron chi connectivity index (χ1n) is 16.0. The first-order valence-corrected chi connectivity index (χ1v) is 18.2. The van der Waals surface area contributed by atoms with Gasteiger partial charge in [-0.05, 0) is 67.4 Å². The highest BCUT2D eigenvalue weighted by Gasteiger charge is 2.33. The van der Waals surface area contributed by atoms with Gasteiger partial charge in [-0.2, -0.15) is 4.31 Å². The standard InChI is InChI=1S/C36H42Cl2F2N4O5S/c1-23(35(45)46)42(17-8-18-44(4,5)6)50(47,48)27-20-30(38)28(31(40)21-27)14-16-34-41-22-33(43(34)26-12-10-25(39)11-13-26)36(2,3)24-9-15-29(37)32(19-24)49-7/h9-13,15,19-23H,8,14,16-18H2,1-7H3/t23-/m1/s1. The van der Waals surface area contributed by atoms with E-state index in [9.17, 15) is 22.7 Å². The molecule has 1 aromatic heterocycles. The number of carboxylic acid groups (broad SMARTS) is 1. The van der Waals surface area contributed by atoms with Gasteiger partial charge in [-0.1, -0.05) is 43.1 Å². The lowest BCUT2D eigenvalue weighted by Crippen LogP contribution is -2.50. The Bertz CT molecular complexity index is 1940. The van der Waals surface area contributed by atoms with Gasteiger partial charge in [-0.25, -0.2) is 22.2 Å². The van der Waals surface area contributed by atoms with Crippen molar-refractivity contribution in [2.24, 2.45) is 0 Å². The second-order valence-corrected chi connectivity index (χ2v) is 16.4. The fraction of sp³-hybridized carbons (Fsp3) is 0.389. The number of hydrogen-bond donors (Lipinski definition) is 0. The summed E-state index contributed by atoms with van der Waals surface area (Å²) in [6, 6.07) is 11.9. The zero-order chi connectivity index (χ0) is 37.2. The van der Waals surface area contributed by atoms with E-state index in [4.69, 9.17) is 27.9 Å². The molecule has 0 fully saturated rings. The molecule has 0 aliphatic rings. The quantitative estimate of drug-likeness (QED) is 0.142. The molecule has 0 saturated heterocycles. The molecule has 0 radical (unpaired) electrons. The number of halogens is 4. The number of aromatic nitrogens is 2. The Morgan fingerprint density at radius 3 is 2.28 bits per heavy atom. The highest BCUT2D eigenvalue weighted by Crippen LogP contribution is 2.38. The van der Waals surface area contributed by atoms with Gasteiger partial charge in [-0.3, -0.25) is 4.57 Å². The topological polar surface area (TPSA) is 105 Å². The summed E-state index contributed by atoms with van der Waals surface area (Å²) in [5.41, 5.74) is 1.66. The van der Waals surface area contributed by atoms with Crippen molar-refractivity contribution in [2.75, 3.05) is 41.3 Å². The Morgan fingerprint density at radius 2 is 1.70 bits per heavy atom. The van der Waals surface area contributed by atoms with Crippen LogP contribution in [0.5, 0.6) is 5.75 Å². The van der Waals surface area contributed by atoms with Gasteiger partial charge in [-0.15, -0.1) is 0 Å². The van der Waals surface area contributed by atoms with Crippen LogP contribution in [0.3, 0.4) is 0 Å². The van der Waals surface area contributed by atoms with Crippen molar-refractivity contribution in [1.82, 2.24) is 13.9 Å². The molecule has 0 spiro atoms. The summed E-state index contributed by atoms with van der Waals surface area (Å²) in [6.07, 6.45) is 2.29. The molecule has 270 valence electrons. The van der Waals surface area contributed by atoms with Gasteiger partial charge in [0, 0.05) is 47.3 Å². The molecule has 14 heteroatoms. The number of carbonyl (C=O) groups is 1. The second-order valence-electron chi connectivity index (χ2n) is 13.7. The molecule has 0 unspecified atom stereocenters. The van der Waals surface area contributed by atoms with E-state index in [1.54, 1.807) is 24.4 Å². The molecule has 0 saturated carbocycles. The van der Waals surface area contributed by atoms with Crippen molar-refractivity contribution in [3.05, 3.63) is 105 Å². The van der Waals surface area contributed by atoms with Crippen LogP contribution in [0.4, 0.5) is 8.78 Å². The Kier molecular flexibility index (Phi) is 12.1. The number of sulfonamides is 1. The average molecular weight is 752 g/mol. The number of nitrogens with zero attached hydrogens (tertiary/aromatic N) is 4. The van der Waals surface area contributed by atoms with Crippen LogP contribution >= 0.6 is 23.2 Å². The van der Waals surface area contributed by atoms with Crippen LogP contribution in [-0.4, -0.2) is 80.1 Å². The molecule has 0 bridgehead atoms. The van der Waals surface area contributed by atoms with Gasteiger partial charge >= 0.3 is 0 Å². The highest BCUT2D eigenvalue weighted by atomic mass is 35.5. The predicted octanol–water partition coefficient (Wildman–Crippen LogP) is 5.80. The van der Waals surface area contributed by atoms with Crippen LogP contribution in [-0.2, 0) is 33.1 Å². The summed E-state index contributed by atoms with van der Waals surface area (Å²) in [6.45, 7) is 5.67. The number of rotatable bonds is 15. The van der Waals surface area contributed by atoms with Crippen molar-refractivity contribution in [2.45, 2.75) is 56.4 Å². The smallest absolute Gasteiger partial charge is 0.243 e. The third-order valence-corrected chi connectivity index (χ3v) is 11.3. The maximum absolute atomic E-state index is 15.8. The van der Waals surface area contributed by atoms with Gasteiger partial charge < -0.3 is 19.1 Å². The SMILES string of the molecule is COc1cc(C(C)(C)c2cnc(CCc3c(F)cc(S(=O)(=O)N(CCC[N+](C)(C)C)[C@H](C)C(=O)[O-])cc3Cl)n2-c2ccc(F)cc2)ccc1Cl. The number of ether oxygens (including phenoxy) is 1. The molecule has 0 aliphatic heterocycles. The lowest BCUT2D eigenvalue weighted by Gasteiger charge is -2.31. The fourth-order valence-corrected chi connectivity index (χ4v) is 7.99.